The number of nitrogens with one attached hydrogen (secondary N) is 1. The number of likely N-dealkylation sites (tertiary alicyclic amines) is 1. The molecule has 6 heteroatoms. The van der Waals surface area contributed by atoms with E-state index in [-0.39, 0.29) is 17.9 Å². The number of hydrogen-bond donors (Lipinski definition) is 1. The first kappa shape index (κ1) is 17.6. The Morgan fingerprint density at radius 1 is 1.26 bits per heavy atom. The van der Waals surface area contributed by atoms with Gasteiger partial charge in [0, 0.05) is 37.0 Å². The molecule has 126 valence electrons. The monoisotopic (exact) mass is 338 g/mol. The summed E-state index contributed by atoms with van der Waals surface area (Å²) < 4.78 is 5.08. The molecule has 1 aromatic rings. The van der Waals surface area contributed by atoms with Gasteiger partial charge >= 0.3 is 0 Å². The Bertz CT molecular complexity index is 525. The molecular weight excluding hydrogens is 316 g/mol. The molecule has 0 saturated carbocycles. The third kappa shape index (κ3) is 5.13. The average Bonchev–Trinajstić information content (AvgIpc) is 2.60. The number of ether oxygens (including phenoxy) is 1. The summed E-state index contributed by atoms with van der Waals surface area (Å²) in [5, 5.41) is 3.04. The van der Waals surface area contributed by atoms with Crippen molar-refractivity contribution in [3.8, 4) is 5.75 Å². The Balaban J connectivity index is 1.79. The van der Waals surface area contributed by atoms with Crippen LogP contribution in [-0.4, -0.2) is 48.8 Å². The number of hydrogen-bond acceptors (Lipinski definition) is 3. The Labute approximate surface area is 141 Å². The molecule has 0 spiro atoms. The first-order valence-electron chi connectivity index (χ1n) is 7.92. The van der Waals surface area contributed by atoms with Crippen LogP contribution in [0.2, 0.25) is 0 Å². The van der Waals surface area contributed by atoms with Gasteiger partial charge in [-0.1, -0.05) is 0 Å². The molecule has 1 saturated heterocycles. The van der Waals surface area contributed by atoms with Crippen LogP contribution in [0.3, 0.4) is 0 Å². The van der Waals surface area contributed by atoms with Crippen molar-refractivity contribution < 1.29 is 14.3 Å². The zero-order valence-corrected chi connectivity index (χ0v) is 14.1. The van der Waals surface area contributed by atoms with Gasteiger partial charge in [0.2, 0.25) is 5.91 Å². The normalized spacial score (nSPS) is 15.3. The fourth-order valence-corrected chi connectivity index (χ4v) is 2.79. The van der Waals surface area contributed by atoms with E-state index >= 15 is 0 Å². The average molecular weight is 339 g/mol. The van der Waals surface area contributed by atoms with Gasteiger partial charge < -0.3 is 15.0 Å². The lowest BCUT2D eigenvalue weighted by Gasteiger charge is -2.32. The number of rotatable bonds is 6. The van der Waals surface area contributed by atoms with Crippen LogP contribution in [-0.2, 0) is 4.79 Å². The SMILES string of the molecule is COc1ccc(C(=O)NC2CCN(C(=O)CCCCl)CC2)cc1. The number of nitrogens with zero attached hydrogens (tertiary/aromatic N) is 1. The number of halogens is 1. The van der Waals surface area contributed by atoms with Crippen LogP contribution in [0.4, 0.5) is 0 Å². The molecule has 1 heterocycles. The van der Waals surface area contributed by atoms with Gasteiger partial charge in [-0.3, -0.25) is 9.59 Å². The van der Waals surface area contributed by atoms with Crippen LogP contribution in [0.1, 0.15) is 36.0 Å². The Kier molecular flexibility index (Phi) is 6.71. The first-order valence-corrected chi connectivity index (χ1v) is 8.46. The maximum Gasteiger partial charge on any atom is 0.251 e. The molecule has 0 bridgehead atoms. The second-order valence-electron chi connectivity index (χ2n) is 5.65. The van der Waals surface area contributed by atoms with Crippen LogP contribution in [0.25, 0.3) is 0 Å². The van der Waals surface area contributed by atoms with Gasteiger partial charge in [0.05, 0.1) is 7.11 Å². The summed E-state index contributed by atoms with van der Waals surface area (Å²) in [6, 6.07) is 7.15. The molecule has 0 aromatic heterocycles. The molecule has 1 aliphatic heterocycles. The molecule has 0 atom stereocenters. The van der Waals surface area contributed by atoms with Crippen LogP contribution < -0.4 is 10.1 Å². The number of carbonyl (C=O) groups excluding carboxylic acids is 2. The number of piperidine rings is 1. The lowest BCUT2D eigenvalue weighted by Crippen LogP contribution is -2.46. The van der Waals surface area contributed by atoms with Crippen molar-refractivity contribution in [2.45, 2.75) is 31.7 Å². The van der Waals surface area contributed by atoms with Crippen molar-refractivity contribution in [1.82, 2.24) is 10.2 Å². The topological polar surface area (TPSA) is 58.6 Å². The van der Waals surface area contributed by atoms with E-state index in [1.807, 2.05) is 4.90 Å². The summed E-state index contributed by atoms with van der Waals surface area (Å²) in [6.07, 6.45) is 2.80. The van der Waals surface area contributed by atoms with Crippen LogP contribution in [0, 0.1) is 0 Å². The predicted molar refractivity (Wildman–Crippen MR) is 90.0 cm³/mol. The molecule has 2 rings (SSSR count). The molecule has 0 unspecified atom stereocenters. The van der Waals surface area contributed by atoms with Crippen molar-refractivity contribution in [1.29, 1.82) is 0 Å². The van der Waals surface area contributed by atoms with Crippen molar-refractivity contribution in [3.63, 3.8) is 0 Å². The van der Waals surface area contributed by atoms with E-state index in [4.69, 9.17) is 16.3 Å². The fraction of sp³-hybridized carbons (Fsp3) is 0.529. The van der Waals surface area contributed by atoms with Gasteiger partial charge in [-0.2, -0.15) is 0 Å². The molecule has 5 nitrogen and oxygen atoms in total. The minimum atomic E-state index is -0.0837. The molecule has 0 aliphatic carbocycles. The zero-order valence-electron chi connectivity index (χ0n) is 13.4. The fourth-order valence-electron chi connectivity index (χ4n) is 2.66. The predicted octanol–water partition coefficient (Wildman–Crippen LogP) is 2.44. The highest BCUT2D eigenvalue weighted by Crippen LogP contribution is 2.15. The van der Waals surface area contributed by atoms with Crippen LogP contribution in [0.15, 0.2) is 24.3 Å². The quantitative estimate of drug-likeness (QED) is 0.810. The maximum absolute atomic E-state index is 12.2. The zero-order chi connectivity index (χ0) is 16.7. The van der Waals surface area contributed by atoms with Gasteiger partial charge in [0.25, 0.3) is 5.91 Å². The molecule has 1 aromatic carbocycles. The number of carbonyl (C=O) groups is 2. The first-order chi connectivity index (χ1) is 11.1. The number of benzene rings is 1. The van der Waals surface area contributed by atoms with Crippen molar-refractivity contribution in [2.75, 3.05) is 26.1 Å². The Hall–Kier alpha value is -1.75. The summed E-state index contributed by atoms with van der Waals surface area (Å²) in [4.78, 5) is 26.0. The second-order valence-corrected chi connectivity index (χ2v) is 6.03. The molecule has 23 heavy (non-hydrogen) atoms. The molecule has 0 radical (unpaired) electrons. The van der Waals surface area contributed by atoms with E-state index in [1.165, 1.54) is 0 Å². The number of methoxy groups -OCH3 is 1. The minimum absolute atomic E-state index is 0.0837. The summed E-state index contributed by atoms with van der Waals surface area (Å²) in [7, 11) is 1.59. The lowest BCUT2D eigenvalue weighted by molar-refractivity contribution is -0.132. The van der Waals surface area contributed by atoms with E-state index in [1.54, 1.807) is 31.4 Å². The van der Waals surface area contributed by atoms with Gasteiger partial charge in [-0.05, 0) is 43.5 Å². The molecule has 2 amide bonds. The summed E-state index contributed by atoms with van der Waals surface area (Å²) >= 11 is 5.62. The van der Waals surface area contributed by atoms with Crippen LogP contribution >= 0.6 is 11.6 Å². The molecular formula is C17H23ClN2O3. The van der Waals surface area contributed by atoms with E-state index in [2.05, 4.69) is 5.32 Å². The van der Waals surface area contributed by atoms with Crippen molar-refractivity contribution in [2.24, 2.45) is 0 Å². The summed E-state index contributed by atoms with van der Waals surface area (Å²) in [6.45, 7) is 1.38. The van der Waals surface area contributed by atoms with Crippen LogP contribution in [0.5, 0.6) is 5.75 Å². The highest BCUT2D eigenvalue weighted by atomic mass is 35.5. The number of amides is 2. The molecule has 1 fully saturated rings. The minimum Gasteiger partial charge on any atom is -0.497 e. The summed E-state index contributed by atoms with van der Waals surface area (Å²) in [5.41, 5.74) is 0.617. The smallest absolute Gasteiger partial charge is 0.251 e. The van der Waals surface area contributed by atoms with Gasteiger partial charge in [0.15, 0.2) is 0 Å². The van der Waals surface area contributed by atoms with Crippen molar-refractivity contribution in [3.05, 3.63) is 29.8 Å². The Morgan fingerprint density at radius 2 is 1.91 bits per heavy atom. The lowest BCUT2D eigenvalue weighted by atomic mass is 10.0. The number of alkyl halides is 1. The molecule has 1 aliphatic rings. The van der Waals surface area contributed by atoms with Gasteiger partial charge in [-0.25, -0.2) is 0 Å². The van der Waals surface area contributed by atoms with E-state index in [9.17, 15) is 9.59 Å². The third-order valence-electron chi connectivity index (χ3n) is 4.06. The maximum atomic E-state index is 12.2. The highest BCUT2D eigenvalue weighted by Gasteiger charge is 2.23. The summed E-state index contributed by atoms with van der Waals surface area (Å²) in [5.74, 6) is 1.32. The molecule has 1 N–H and O–H groups in total. The van der Waals surface area contributed by atoms with Gasteiger partial charge in [-0.15, -0.1) is 11.6 Å². The van der Waals surface area contributed by atoms with E-state index in [0.29, 0.717) is 37.4 Å². The largest absolute Gasteiger partial charge is 0.497 e. The standard InChI is InChI=1S/C17H23ClN2O3/c1-23-15-6-4-13(5-7-15)17(22)19-14-8-11-20(12-9-14)16(21)3-2-10-18/h4-7,14H,2-3,8-12H2,1H3,(H,19,22). The second kappa shape index (κ2) is 8.77. The van der Waals surface area contributed by atoms with E-state index in [0.717, 1.165) is 18.6 Å². The highest BCUT2D eigenvalue weighted by molar-refractivity contribution is 6.17. The van der Waals surface area contributed by atoms with E-state index < -0.39 is 0 Å². The van der Waals surface area contributed by atoms with Gasteiger partial charge in [0.1, 0.15) is 5.75 Å². The van der Waals surface area contributed by atoms with Crippen molar-refractivity contribution >= 4 is 23.4 Å². The Morgan fingerprint density at radius 3 is 2.48 bits per heavy atom. The third-order valence-corrected chi connectivity index (χ3v) is 4.33.